The summed E-state index contributed by atoms with van der Waals surface area (Å²) in [5, 5.41) is 0.147. The van der Waals surface area contributed by atoms with Gasteiger partial charge in [0.2, 0.25) is 0 Å². The quantitative estimate of drug-likeness (QED) is 0.408. The van der Waals surface area contributed by atoms with E-state index in [9.17, 15) is 0 Å². The molecule has 5 nitrogen and oxygen atoms in total. The zero-order chi connectivity index (χ0) is 19.3. The van der Waals surface area contributed by atoms with E-state index in [0.717, 1.165) is 19.3 Å². The fourth-order valence-electron chi connectivity index (χ4n) is 2.74. The van der Waals surface area contributed by atoms with Crippen molar-refractivity contribution in [3.8, 4) is 0 Å². The molecule has 0 bridgehead atoms. The summed E-state index contributed by atoms with van der Waals surface area (Å²) in [6.45, 7) is 18.3. The van der Waals surface area contributed by atoms with Crippen LogP contribution in [-0.4, -0.2) is 52.9 Å². The highest BCUT2D eigenvalue weighted by Gasteiger charge is 2.45. The Labute approximate surface area is 155 Å². The van der Waals surface area contributed by atoms with Crippen molar-refractivity contribution in [3.63, 3.8) is 0 Å². The van der Waals surface area contributed by atoms with Gasteiger partial charge in [0.15, 0.2) is 14.1 Å². The van der Waals surface area contributed by atoms with E-state index in [1.807, 2.05) is 13.8 Å². The van der Waals surface area contributed by atoms with Gasteiger partial charge in [-0.05, 0) is 38.4 Å². The van der Waals surface area contributed by atoms with Crippen LogP contribution in [-0.2, 0) is 23.4 Å². The van der Waals surface area contributed by atoms with Crippen LogP contribution in [0, 0.1) is 0 Å². The minimum Gasteiger partial charge on any atom is -0.411 e. The molecule has 0 spiro atoms. The number of rotatable bonds is 10. The monoisotopic (exact) mass is 376 g/mol. The third kappa shape index (κ3) is 7.27. The Bertz CT molecular complexity index is 392. The molecule has 0 aromatic heterocycles. The molecule has 0 aromatic rings. The molecular formula is C19H40O5Si. The first-order chi connectivity index (χ1) is 11.4. The minimum atomic E-state index is -1.93. The van der Waals surface area contributed by atoms with Crippen LogP contribution in [0.1, 0.15) is 60.8 Å². The molecule has 0 radical (unpaired) electrons. The van der Waals surface area contributed by atoms with Gasteiger partial charge in [-0.25, -0.2) is 0 Å². The van der Waals surface area contributed by atoms with Gasteiger partial charge < -0.3 is 23.4 Å². The summed E-state index contributed by atoms with van der Waals surface area (Å²) in [4.78, 5) is 0. The minimum absolute atomic E-state index is 0.0314. The van der Waals surface area contributed by atoms with E-state index in [4.69, 9.17) is 23.4 Å². The Kier molecular flexibility index (Phi) is 8.56. The number of hydrogen-bond donors (Lipinski definition) is 0. The lowest BCUT2D eigenvalue weighted by molar-refractivity contribution is -0.155. The summed E-state index contributed by atoms with van der Waals surface area (Å²) in [6.07, 6.45) is 2.86. The molecule has 0 saturated carbocycles. The summed E-state index contributed by atoms with van der Waals surface area (Å²) in [5.41, 5.74) is 0. The zero-order valence-electron chi connectivity index (χ0n) is 17.8. The summed E-state index contributed by atoms with van der Waals surface area (Å²) in [7, 11) is -0.269. The fraction of sp³-hybridized carbons (Fsp3) is 1.00. The lowest BCUT2D eigenvalue weighted by Crippen LogP contribution is -2.49. The van der Waals surface area contributed by atoms with Crippen LogP contribution >= 0.6 is 0 Å². The third-order valence-electron chi connectivity index (χ3n) is 5.22. The van der Waals surface area contributed by atoms with Crippen LogP contribution < -0.4 is 0 Å². The van der Waals surface area contributed by atoms with Crippen LogP contribution in [0.15, 0.2) is 0 Å². The molecule has 150 valence electrons. The van der Waals surface area contributed by atoms with E-state index in [-0.39, 0.29) is 23.4 Å². The van der Waals surface area contributed by atoms with Crippen molar-refractivity contribution in [2.24, 2.45) is 0 Å². The smallest absolute Gasteiger partial charge is 0.192 e. The van der Waals surface area contributed by atoms with Gasteiger partial charge in [-0.15, -0.1) is 0 Å². The second-order valence-electron chi connectivity index (χ2n) is 9.00. The third-order valence-corrected chi connectivity index (χ3v) is 9.73. The Morgan fingerprint density at radius 3 is 2.32 bits per heavy atom. The molecule has 3 atom stereocenters. The standard InChI is InChI=1S/C19H40O5Si/c1-10-11-15(21-14-20-7)12-16(17-13-22-19(5,6)23-17)24-25(8,9)18(2,3)4/h15-17H,10-14H2,1-9H3/t15-,16-,17+/m0/s1. The first-order valence-corrected chi connectivity index (χ1v) is 12.4. The van der Waals surface area contributed by atoms with Crippen molar-refractivity contribution in [3.05, 3.63) is 0 Å². The fourth-order valence-corrected chi connectivity index (χ4v) is 4.10. The van der Waals surface area contributed by atoms with E-state index in [1.165, 1.54) is 0 Å². The van der Waals surface area contributed by atoms with Crippen molar-refractivity contribution in [1.82, 2.24) is 0 Å². The molecule has 0 aliphatic carbocycles. The van der Waals surface area contributed by atoms with Gasteiger partial charge in [0.25, 0.3) is 0 Å². The van der Waals surface area contributed by atoms with E-state index in [0.29, 0.717) is 13.4 Å². The molecule has 0 aromatic carbocycles. The summed E-state index contributed by atoms with van der Waals surface area (Å²) in [5.74, 6) is -0.548. The molecule has 1 saturated heterocycles. The van der Waals surface area contributed by atoms with Gasteiger partial charge in [-0.3, -0.25) is 0 Å². The maximum Gasteiger partial charge on any atom is 0.192 e. The number of ether oxygens (including phenoxy) is 4. The Morgan fingerprint density at radius 2 is 1.88 bits per heavy atom. The number of methoxy groups -OCH3 is 1. The average molecular weight is 377 g/mol. The van der Waals surface area contributed by atoms with Gasteiger partial charge in [0, 0.05) is 13.5 Å². The Balaban J connectivity index is 2.90. The largest absolute Gasteiger partial charge is 0.411 e. The average Bonchev–Trinajstić information content (AvgIpc) is 2.83. The van der Waals surface area contributed by atoms with Crippen LogP contribution in [0.3, 0.4) is 0 Å². The molecule has 1 fully saturated rings. The van der Waals surface area contributed by atoms with Crippen molar-refractivity contribution in [2.45, 2.75) is 103 Å². The van der Waals surface area contributed by atoms with E-state index >= 15 is 0 Å². The van der Waals surface area contributed by atoms with E-state index in [1.54, 1.807) is 7.11 Å². The van der Waals surface area contributed by atoms with E-state index < -0.39 is 14.1 Å². The molecule has 0 unspecified atom stereocenters. The molecule has 1 aliphatic rings. The van der Waals surface area contributed by atoms with Gasteiger partial charge in [0.05, 0.1) is 18.8 Å². The molecule has 6 heteroatoms. The van der Waals surface area contributed by atoms with Gasteiger partial charge in [-0.1, -0.05) is 34.1 Å². The lowest BCUT2D eigenvalue weighted by Gasteiger charge is -2.41. The maximum atomic E-state index is 6.75. The van der Waals surface area contributed by atoms with Crippen LogP contribution in [0.5, 0.6) is 0 Å². The predicted octanol–water partition coefficient (Wildman–Crippen LogP) is 4.71. The van der Waals surface area contributed by atoms with Crippen molar-refractivity contribution < 1.29 is 23.4 Å². The molecule has 0 N–H and O–H groups in total. The summed E-state index contributed by atoms with van der Waals surface area (Å²) < 4.78 is 29.7. The highest BCUT2D eigenvalue weighted by atomic mass is 28.4. The molecule has 1 rings (SSSR count). The number of hydrogen-bond acceptors (Lipinski definition) is 5. The van der Waals surface area contributed by atoms with Gasteiger partial charge in [-0.2, -0.15) is 0 Å². The molecule has 0 amide bonds. The van der Waals surface area contributed by atoms with Crippen molar-refractivity contribution >= 4 is 8.32 Å². The normalized spacial score (nSPS) is 23.6. The summed E-state index contributed by atoms with van der Waals surface area (Å²) >= 11 is 0. The van der Waals surface area contributed by atoms with Gasteiger partial charge >= 0.3 is 0 Å². The summed E-state index contributed by atoms with van der Waals surface area (Å²) in [6, 6.07) is 0. The van der Waals surface area contributed by atoms with Crippen LogP contribution in [0.2, 0.25) is 18.1 Å². The second-order valence-corrected chi connectivity index (χ2v) is 13.8. The first-order valence-electron chi connectivity index (χ1n) is 9.52. The van der Waals surface area contributed by atoms with Crippen LogP contribution in [0.4, 0.5) is 0 Å². The highest BCUT2D eigenvalue weighted by molar-refractivity contribution is 6.74. The SMILES string of the molecule is CCC[C@@H](C[C@H](O[Si](C)(C)C(C)(C)C)[C@H]1COC(C)(C)O1)OCOC. The topological polar surface area (TPSA) is 46.2 Å². The Hall–Kier alpha value is 0.0169. The maximum absolute atomic E-state index is 6.75. The molecule has 1 heterocycles. The Morgan fingerprint density at radius 1 is 1.24 bits per heavy atom. The molecule has 25 heavy (non-hydrogen) atoms. The highest BCUT2D eigenvalue weighted by Crippen LogP contribution is 2.39. The van der Waals surface area contributed by atoms with E-state index in [2.05, 4.69) is 40.8 Å². The molecular weight excluding hydrogens is 336 g/mol. The lowest BCUT2D eigenvalue weighted by atomic mass is 10.0. The zero-order valence-corrected chi connectivity index (χ0v) is 18.8. The predicted molar refractivity (Wildman–Crippen MR) is 103 cm³/mol. The van der Waals surface area contributed by atoms with Gasteiger partial charge in [0.1, 0.15) is 12.9 Å². The van der Waals surface area contributed by atoms with Crippen LogP contribution in [0.25, 0.3) is 0 Å². The second kappa shape index (κ2) is 9.29. The van der Waals surface area contributed by atoms with Crippen molar-refractivity contribution in [1.29, 1.82) is 0 Å². The van der Waals surface area contributed by atoms with Crippen molar-refractivity contribution in [2.75, 3.05) is 20.5 Å². The molecule has 1 aliphatic heterocycles. The first kappa shape index (κ1) is 23.1.